The number of nitrogens with zero attached hydrogens (tertiary/aromatic N) is 6. The molecule has 0 bridgehead atoms. The Kier molecular flexibility index (Phi) is 3.59. The first-order valence-electron chi connectivity index (χ1n) is 6.84. The molecule has 6 nitrogen and oxygen atoms in total. The minimum Gasteiger partial charge on any atom is -0.338 e. The van der Waals surface area contributed by atoms with Gasteiger partial charge in [0.25, 0.3) is 0 Å². The van der Waals surface area contributed by atoms with Crippen molar-refractivity contribution in [2.75, 3.05) is 11.9 Å². The normalized spacial score (nSPS) is 11.5. The first kappa shape index (κ1) is 13.9. The SMILES string of the molecule is CC(C)c1nc(CN(C)c2ncc3c(ncn3C)n2)cs1. The molecule has 0 aromatic carbocycles. The second-order valence-corrected chi connectivity index (χ2v) is 6.31. The number of aryl methyl sites for hydroxylation is 1. The Labute approximate surface area is 127 Å². The third-order valence-electron chi connectivity index (χ3n) is 3.27. The van der Waals surface area contributed by atoms with Crippen molar-refractivity contribution < 1.29 is 0 Å². The van der Waals surface area contributed by atoms with Crippen LogP contribution in [0.5, 0.6) is 0 Å². The highest BCUT2D eigenvalue weighted by molar-refractivity contribution is 7.09. The molecule has 3 heterocycles. The molecular formula is C14H18N6S. The third kappa shape index (κ3) is 2.73. The third-order valence-corrected chi connectivity index (χ3v) is 4.47. The van der Waals surface area contributed by atoms with Crippen LogP contribution < -0.4 is 4.90 Å². The summed E-state index contributed by atoms with van der Waals surface area (Å²) >= 11 is 1.71. The average Bonchev–Trinajstić information content (AvgIpc) is 3.06. The zero-order chi connectivity index (χ0) is 15.0. The van der Waals surface area contributed by atoms with E-state index in [1.807, 2.05) is 29.8 Å². The maximum atomic E-state index is 4.64. The van der Waals surface area contributed by atoms with E-state index in [2.05, 4.69) is 39.2 Å². The summed E-state index contributed by atoms with van der Waals surface area (Å²) in [5.41, 5.74) is 2.70. The zero-order valence-electron chi connectivity index (χ0n) is 12.6. The number of aromatic nitrogens is 5. The Morgan fingerprint density at radius 2 is 2.10 bits per heavy atom. The van der Waals surface area contributed by atoms with Crippen LogP contribution in [-0.4, -0.2) is 31.6 Å². The van der Waals surface area contributed by atoms with Crippen LogP contribution in [0.3, 0.4) is 0 Å². The van der Waals surface area contributed by atoms with Gasteiger partial charge in [-0.15, -0.1) is 11.3 Å². The van der Waals surface area contributed by atoms with Gasteiger partial charge in [-0.3, -0.25) is 0 Å². The molecule has 0 atom stereocenters. The molecule has 3 rings (SSSR count). The van der Waals surface area contributed by atoms with Gasteiger partial charge in [0.2, 0.25) is 5.95 Å². The van der Waals surface area contributed by atoms with Gasteiger partial charge in [0.1, 0.15) is 5.52 Å². The number of rotatable bonds is 4. The van der Waals surface area contributed by atoms with Crippen molar-refractivity contribution in [2.24, 2.45) is 7.05 Å². The molecule has 0 aliphatic rings. The van der Waals surface area contributed by atoms with Crippen molar-refractivity contribution >= 4 is 28.4 Å². The van der Waals surface area contributed by atoms with Crippen molar-refractivity contribution in [3.05, 3.63) is 28.6 Å². The largest absolute Gasteiger partial charge is 0.338 e. The molecule has 0 unspecified atom stereocenters. The second kappa shape index (κ2) is 5.40. The predicted octanol–water partition coefficient (Wildman–Crippen LogP) is 2.58. The first-order valence-corrected chi connectivity index (χ1v) is 7.72. The van der Waals surface area contributed by atoms with Crippen LogP contribution in [0.25, 0.3) is 11.2 Å². The van der Waals surface area contributed by atoms with Gasteiger partial charge in [0.05, 0.1) is 29.8 Å². The Morgan fingerprint density at radius 3 is 2.81 bits per heavy atom. The lowest BCUT2D eigenvalue weighted by Crippen LogP contribution is -2.19. The highest BCUT2D eigenvalue weighted by Crippen LogP contribution is 2.21. The monoisotopic (exact) mass is 302 g/mol. The summed E-state index contributed by atoms with van der Waals surface area (Å²) in [6, 6.07) is 0. The van der Waals surface area contributed by atoms with E-state index in [4.69, 9.17) is 0 Å². The molecule has 0 fully saturated rings. The van der Waals surface area contributed by atoms with Crippen LogP contribution in [0.1, 0.15) is 30.5 Å². The molecule has 0 spiro atoms. The summed E-state index contributed by atoms with van der Waals surface area (Å²) in [6.45, 7) is 5.01. The number of hydrogen-bond acceptors (Lipinski definition) is 6. The molecule has 21 heavy (non-hydrogen) atoms. The van der Waals surface area contributed by atoms with Gasteiger partial charge < -0.3 is 9.47 Å². The lowest BCUT2D eigenvalue weighted by molar-refractivity contribution is 0.811. The Bertz CT molecular complexity index is 760. The van der Waals surface area contributed by atoms with Crippen LogP contribution in [-0.2, 0) is 13.6 Å². The van der Waals surface area contributed by atoms with Crippen molar-refractivity contribution in [1.82, 2.24) is 24.5 Å². The summed E-state index contributed by atoms with van der Waals surface area (Å²) in [5, 5.41) is 3.27. The molecule has 0 amide bonds. The molecule has 0 saturated carbocycles. The second-order valence-electron chi connectivity index (χ2n) is 5.42. The summed E-state index contributed by atoms with van der Waals surface area (Å²) < 4.78 is 1.91. The van der Waals surface area contributed by atoms with Gasteiger partial charge in [0, 0.05) is 25.4 Å². The van der Waals surface area contributed by atoms with E-state index in [0.29, 0.717) is 18.4 Å². The van der Waals surface area contributed by atoms with Gasteiger partial charge in [0.15, 0.2) is 5.65 Å². The van der Waals surface area contributed by atoms with Gasteiger partial charge in [-0.2, -0.15) is 4.98 Å². The fraction of sp³-hybridized carbons (Fsp3) is 0.429. The Morgan fingerprint density at radius 1 is 1.29 bits per heavy atom. The molecular weight excluding hydrogens is 284 g/mol. The van der Waals surface area contributed by atoms with Gasteiger partial charge >= 0.3 is 0 Å². The van der Waals surface area contributed by atoms with Crippen molar-refractivity contribution in [3.63, 3.8) is 0 Å². The molecule has 0 aliphatic heterocycles. The van der Waals surface area contributed by atoms with Crippen LogP contribution in [0.15, 0.2) is 17.9 Å². The van der Waals surface area contributed by atoms with E-state index in [0.717, 1.165) is 16.9 Å². The summed E-state index contributed by atoms with van der Waals surface area (Å²) in [5.74, 6) is 1.13. The van der Waals surface area contributed by atoms with Gasteiger partial charge in [-0.1, -0.05) is 13.8 Å². The molecule has 0 saturated heterocycles. The standard InChI is InChI=1S/C14H18N6S/c1-9(2)13-17-10(7-21-13)6-19(3)14-15-5-11-12(18-14)16-8-20(11)4/h5,7-9H,6H2,1-4H3. The molecule has 0 N–H and O–H groups in total. The van der Waals surface area contributed by atoms with Gasteiger partial charge in [-0.25, -0.2) is 15.0 Å². The lowest BCUT2D eigenvalue weighted by atomic mass is 10.2. The maximum Gasteiger partial charge on any atom is 0.227 e. The van der Waals surface area contributed by atoms with E-state index < -0.39 is 0 Å². The van der Waals surface area contributed by atoms with E-state index in [-0.39, 0.29) is 0 Å². The molecule has 7 heteroatoms. The number of imidazole rings is 1. The van der Waals surface area contributed by atoms with E-state index in [1.54, 1.807) is 17.7 Å². The smallest absolute Gasteiger partial charge is 0.227 e. The maximum absolute atomic E-state index is 4.64. The highest BCUT2D eigenvalue weighted by atomic mass is 32.1. The van der Waals surface area contributed by atoms with E-state index in [1.165, 1.54) is 5.01 Å². The fourth-order valence-electron chi connectivity index (χ4n) is 2.06. The van der Waals surface area contributed by atoms with Crippen LogP contribution in [0, 0.1) is 0 Å². The molecule has 3 aromatic rings. The highest BCUT2D eigenvalue weighted by Gasteiger charge is 2.11. The van der Waals surface area contributed by atoms with Crippen molar-refractivity contribution in [3.8, 4) is 0 Å². The minimum absolute atomic E-state index is 0.468. The van der Waals surface area contributed by atoms with Crippen LogP contribution >= 0.6 is 11.3 Å². The van der Waals surface area contributed by atoms with Gasteiger partial charge in [-0.05, 0) is 0 Å². The number of hydrogen-bond donors (Lipinski definition) is 0. The first-order chi connectivity index (χ1) is 10.0. The summed E-state index contributed by atoms with van der Waals surface area (Å²) in [6.07, 6.45) is 3.56. The van der Waals surface area contributed by atoms with Crippen molar-refractivity contribution in [1.29, 1.82) is 0 Å². The summed E-state index contributed by atoms with van der Waals surface area (Å²) in [4.78, 5) is 19.8. The van der Waals surface area contributed by atoms with Crippen LogP contribution in [0.4, 0.5) is 5.95 Å². The number of thiazole rings is 1. The topological polar surface area (TPSA) is 59.7 Å². The average molecular weight is 302 g/mol. The van der Waals surface area contributed by atoms with Crippen LogP contribution in [0.2, 0.25) is 0 Å². The number of anilines is 1. The Hall–Kier alpha value is -2.02. The minimum atomic E-state index is 0.468. The van der Waals surface area contributed by atoms with E-state index >= 15 is 0 Å². The molecule has 110 valence electrons. The zero-order valence-corrected chi connectivity index (χ0v) is 13.4. The van der Waals surface area contributed by atoms with Crippen molar-refractivity contribution in [2.45, 2.75) is 26.3 Å². The lowest BCUT2D eigenvalue weighted by Gasteiger charge is -2.15. The quantitative estimate of drug-likeness (QED) is 0.741. The summed E-state index contributed by atoms with van der Waals surface area (Å²) in [7, 11) is 3.91. The fourth-order valence-corrected chi connectivity index (χ4v) is 2.89. The molecule has 0 radical (unpaired) electrons. The molecule has 0 aliphatic carbocycles. The Balaban J connectivity index is 1.80. The number of fused-ring (bicyclic) bond motifs is 1. The molecule has 3 aromatic heterocycles. The predicted molar refractivity (Wildman–Crippen MR) is 84.6 cm³/mol. The van der Waals surface area contributed by atoms with E-state index in [9.17, 15) is 0 Å².